The maximum Gasteiger partial charge on any atom is 0.338 e. The molecule has 2 aromatic carbocycles. The smallest absolute Gasteiger partial charge is 0.338 e. The summed E-state index contributed by atoms with van der Waals surface area (Å²) in [5.41, 5.74) is 2.18. The number of benzene rings is 2. The largest absolute Gasteiger partial charge is 0.457 e. The summed E-state index contributed by atoms with van der Waals surface area (Å²) in [5, 5.41) is 3.19. The van der Waals surface area contributed by atoms with Gasteiger partial charge >= 0.3 is 11.6 Å². The highest BCUT2D eigenvalue weighted by molar-refractivity contribution is 7.92. The molecule has 9 nitrogen and oxygen atoms in total. The van der Waals surface area contributed by atoms with Gasteiger partial charge in [0.2, 0.25) is 15.9 Å². The van der Waals surface area contributed by atoms with Crippen LogP contribution in [0, 0.1) is 0 Å². The van der Waals surface area contributed by atoms with Crippen molar-refractivity contribution in [1.29, 1.82) is 0 Å². The molecule has 1 aliphatic rings. The average molecular weight is 471 g/mol. The van der Waals surface area contributed by atoms with E-state index in [9.17, 15) is 22.8 Å². The predicted molar refractivity (Wildman–Crippen MR) is 123 cm³/mol. The second kappa shape index (κ2) is 8.36. The number of hydrogen-bond acceptors (Lipinski definition) is 7. The Morgan fingerprint density at radius 3 is 2.64 bits per heavy atom. The number of sulfonamides is 1. The molecule has 0 radical (unpaired) electrons. The normalized spacial score (nSPS) is 15.4. The fourth-order valence-electron chi connectivity index (χ4n) is 4.09. The van der Waals surface area contributed by atoms with Gasteiger partial charge in [-0.15, -0.1) is 0 Å². The van der Waals surface area contributed by atoms with Crippen molar-refractivity contribution in [2.24, 2.45) is 0 Å². The molecule has 0 saturated carbocycles. The van der Waals surface area contributed by atoms with E-state index < -0.39 is 21.6 Å². The third kappa shape index (κ3) is 4.61. The Bertz CT molecular complexity index is 1440. The number of amides is 1. The van der Waals surface area contributed by atoms with Crippen LogP contribution in [-0.2, 0) is 32.6 Å². The molecule has 1 N–H and O–H groups in total. The minimum absolute atomic E-state index is 0.163. The monoisotopic (exact) mass is 470 g/mol. The van der Waals surface area contributed by atoms with Crippen LogP contribution in [0.15, 0.2) is 51.7 Å². The topological polar surface area (TPSA) is 123 Å². The summed E-state index contributed by atoms with van der Waals surface area (Å²) in [4.78, 5) is 35.9. The molecule has 0 spiro atoms. The van der Waals surface area contributed by atoms with Gasteiger partial charge in [-0.05, 0) is 49.2 Å². The van der Waals surface area contributed by atoms with E-state index in [-0.39, 0.29) is 29.7 Å². The third-order valence-electron chi connectivity index (χ3n) is 5.33. The van der Waals surface area contributed by atoms with Crippen molar-refractivity contribution in [3.8, 4) is 0 Å². The Morgan fingerprint density at radius 1 is 1.18 bits per heavy atom. The zero-order valence-electron chi connectivity index (χ0n) is 18.2. The molecule has 0 fully saturated rings. The minimum Gasteiger partial charge on any atom is -0.457 e. The highest BCUT2D eigenvalue weighted by Gasteiger charge is 2.33. The fourth-order valence-corrected chi connectivity index (χ4v) is 5.36. The lowest BCUT2D eigenvalue weighted by Crippen LogP contribution is -2.34. The summed E-state index contributed by atoms with van der Waals surface area (Å²) >= 11 is 0. The van der Waals surface area contributed by atoms with Gasteiger partial charge in [0.1, 0.15) is 12.2 Å². The number of anilines is 2. The molecular weight excluding hydrogens is 448 g/mol. The second-order valence-electron chi connectivity index (χ2n) is 8.01. The molecule has 1 aliphatic heterocycles. The van der Waals surface area contributed by atoms with E-state index in [1.165, 1.54) is 29.4 Å². The van der Waals surface area contributed by atoms with Crippen molar-refractivity contribution >= 4 is 44.2 Å². The maximum absolute atomic E-state index is 12.7. The molecule has 0 aliphatic carbocycles. The van der Waals surface area contributed by atoms with E-state index in [1.54, 1.807) is 24.3 Å². The SMILES string of the molecule is CC(=O)Nc1ccc2c(COC(=O)c3ccc4c(c3)CC(C)N4S(C)(=O)=O)cc(=O)oc2c1. The molecule has 172 valence electrons. The first-order chi connectivity index (χ1) is 15.5. The van der Waals surface area contributed by atoms with Gasteiger partial charge in [-0.1, -0.05) is 0 Å². The summed E-state index contributed by atoms with van der Waals surface area (Å²) < 4.78 is 36.1. The van der Waals surface area contributed by atoms with Gasteiger partial charge in [0, 0.05) is 41.7 Å². The number of esters is 1. The highest BCUT2D eigenvalue weighted by atomic mass is 32.2. The molecular formula is C23H22N2O7S. The van der Waals surface area contributed by atoms with Crippen LogP contribution in [-0.4, -0.2) is 32.6 Å². The predicted octanol–water partition coefficient (Wildman–Crippen LogP) is 2.82. The average Bonchev–Trinajstić information content (AvgIpc) is 3.06. The molecule has 1 aromatic heterocycles. The summed E-state index contributed by atoms with van der Waals surface area (Å²) in [7, 11) is -3.42. The van der Waals surface area contributed by atoms with E-state index in [4.69, 9.17) is 9.15 Å². The lowest BCUT2D eigenvalue weighted by Gasteiger charge is -2.21. The molecule has 33 heavy (non-hydrogen) atoms. The number of nitrogens with zero attached hydrogens (tertiary/aromatic N) is 1. The third-order valence-corrected chi connectivity index (χ3v) is 6.61. The van der Waals surface area contributed by atoms with Crippen molar-refractivity contribution in [3.05, 3.63) is 69.6 Å². The zero-order chi connectivity index (χ0) is 23.9. The number of nitrogens with one attached hydrogen (secondary N) is 1. The van der Waals surface area contributed by atoms with Gasteiger partial charge < -0.3 is 14.5 Å². The van der Waals surface area contributed by atoms with Crippen LogP contribution in [0.4, 0.5) is 11.4 Å². The van der Waals surface area contributed by atoms with Crippen LogP contribution in [0.3, 0.4) is 0 Å². The first-order valence-corrected chi connectivity index (χ1v) is 12.0. The quantitative estimate of drug-likeness (QED) is 0.449. The first kappa shape index (κ1) is 22.5. The Kier molecular flexibility index (Phi) is 5.71. The van der Waals surface area contributed by atoms with Crippen molar-refractivity contribution in [2.75, 3.05) is 15.9 Å². The van der Waals surface area contributed by atoms with Crippen molar-refractivity contribution in [2.45, 2.75) is 32.9 Å². The van der Waals surface area contributed by atoms with Gasteiger partial charge in [-0.3, -0.25) is 9.10 Å². The molecule has 2 heterocycles. The summed E-state index contributed by atoms with van der Waals surface area (Å²) in [6.07, 6.45) is 1.64. The highest BCUT2D eigenvalue weighted by Crippen LogP contribution is 2.35. The van der Waals surface area contributed by atoms with E-state index in [2.05, 4.69) is 5.32 Å². The molecule has 4 rings (SSSR count). The minimum atomic E-state index is -3.42. The van der Waals surface area contributed by atoms with Crippen molar-refractivity contribution in [1.82, 2.24) is 0 Å². The van der Waals surface area contributed by atoms with Gasteiger partial charge in [0.25, 0.3) is 0 Å². The molecule has 10 heteroatoms. The van der Waals surface area contributed by atoms with Gasteiger partial charge in [-0.25, -0.2) is 18.0 Å². The van der Waals surface area contributed by atoms with Gasteiger partial charge in [-0.2, -0.15) is 0 Å². The Balaban J connectivity index is 1.56. The lowest BCUT2D eigenvalue weighted by atomic mass is 10.1. The Morgan fingerprint density at radius 2 is 1.94 bits per heavy atom. The summed E-state index contributed by atoms with van der Waals surface area (Å²) in [6, 6.07) is 10.6. The number of carbonyl (C=O) groups excluding carboxylic acids is 2. The molecule has 3 aromatic rings. The van der Waals surface area contributed by atoms with E-state index in [0.717, 1.165) is 11.8 Å². The van der Waals surface area contributed by atoms with Crippen LogP contribution in [0.25, 0.3) is 11.0 Å². The van der Waals surface area contributed by atoms with Crippen LogP contribution < -0.4 is 15.2 Å². The number of hydrogen-bond donors (Lipinski definition) is 1. The maximum atomic E-state index is 12.7. The first-order valence-electron chi connectivity index (χ1n) is 10.2. The second-order valence-corrected chi connectivity index (χ2v) is 9.87. The number of ether oxygens (including phenoxy) is 1. The standard InChI is InChI=1S/C23H22N2O7S/c1-13-8-16-9-15(4-7-20(16)25(13)33(3,29)30)23(28)31-12-17-10-22(27)32-21-11-18(24-14(2)26)5-6-19(17)21/h4-7,9-11,13H,8,12H2,1-3H3,(H,24,26). The number of rotatable bonds is 5. The fraction of sp³-hybridized carbons (Fsp3) is 0.261. The Labute approximate surface area is 190 Å². The molecule has 1 amide bonds. The molecule has 1 atom stereocenters. The number of fused-ring (bicyclic) bond motifs is 2. The molecule has 0 bridgehead atoms. The summed E-state index contributed by atoms with van der Waals surface area (Å²) in [6.45, 7) is 3.01. The van der Waals surface area contributed by atoms with E-state index in [1.807, 2.05) is 6.92 Å². The van der Waals surface area contributed by atoms with Crippen LogP contribution >= 0.6 is 0 Å². The molecule has 0 saturated heterocycles. The van der Waals surface area contributed by atoms with Crippen LogP contribution in [0.5, 0.6) is 0 Å². The van der Waals surface area contributed by atoms with E-state index >= 15 is 0 Å². The zero-order valence-corrected chi connectivity index (χ0v) is 19.1. The Hall–Kier alpha value is -3.66. The number of carbonyl (C=O) groups is 2. The van der Waals surface area contributed by atoms with Crippen molar-refractivity contribution in [3.63, 3.8) is 0 Å². The van der Waals surface area contributed by atoms with Crippen LogP contribution in [0.1, 0.15) is 35.3 Å². The summed E-state index contributed by atoms with van der Waals surface area (Å²) in [5.74, 6) is -0.857. The molecule has 1 unspecified atom stereocenters. The van der Waals surface area contributed by atoms with Gasteiger partial charge in [0.05, 0.1) is 17.5 Å². The lowest BCUT2D eigenvalue weighted by molar-refractivity contribution is -0.114. The van der Waals surface area contributed by atoms with Gasteiger partial charge in [0.15, 0.2) is 0 Å². The van der Waals surface area contributed by atoms with E-state index in [0.29, 0.717) is 28.7 Å². The van der Waals surface area contributed by atoms with Crippen molar-refractivity contribution < 1.29 is 27.2 Å². The van der Waals surface area contributed by atoms with Crippen LogP contribution in [0.2, 0.25) is 0 Å².